The van der Waals surface area contributed by atoms with E-state index in [-0.39, 0.29) is 0 Å². The van der Waals surface area contributed by atoms with E-state index in [1.54, 1.807) is 0 Å². The molecule has 102 valence electrons. The van der Waals surface area contributed by atoms with Crippen LogP contribution in [0.4, 0.5) is 10.3 Å². The second-order valence-electron chi connectivity index (χ2n) is 3.86. The normalized spacial score (nSPS) is 10.4. The largest absolute Gasteiger partial charge is 0.355 e. The Bertz CT molecular complexity index is 565. The standard InChI is InChI=1S/C10H10N8S2/c1-2-8(6-12-10-14-16-18-20-10)4-3-7(1)5-11-9-13-15-17-19-9/h1-4H,5-6H2,(H,11,13,17)(H,12,14,18). The first-order valence-electron chi connectivity index (χ1n) is 5.76. The third kappa shape index (κ3) is 3.42. The summed E-state index contributed by atoms with van der Waals surface area (Å²) >= 11 is 2.48. The van der Waals surface area contributed by atoms with Gasteiger partial charge < -0.3 is 10.6 Å². The zero-order valence-electron chi connectivity index (χ0n) is 10.2. The van der Waals surface area contributed by atoms with Gasteiger partial charge in [-0.1, -0.05) is 43.4 Å². The Morgan fingerprint density at radius 1 is 0.750 bits per heavy atom. The van der Waals surface area contributed by atoms with Gasteiger partial charge in [-0.15, -0.1) is 0 Å². The molecule has 0 aliphatic carbocycles. The Hall–Kier alpha value is -2.20. The van der Waals surface area contributed by atoms with Crippen molar-refractivity contribution >= 4 is 33.3 Å². The highest BCUT2D eigenvalue weighted by Gasteiger charge is 2.00. The Kier molecular flexibility index (Phi) is 4.04. The molecule has 0 aliphatic rings. The summed E-state index contributed by atoms with van der Waals surface area (Å²) in [5, 5.41) is 22.5. The third-order valence-corrected chi connectivity index (χ3v) is 3.62. The van der Waals surface area contributed by atoms with Crippen molar-refractivity contribution in [3.63, 3.8) is 0 Å². The van der Waals surface area contributed by atoms with Gasteiger partial charge in [0.15, 0.2) is 0 Å². The second kappa shape index (κ2) is 6.30. The summed E-state index contributed by atoms with van der Waals surface area (Å²) < 4.78 is 7.38. The molecule has 0 radical (unpaired) electrons. The molecule has 2 heterocycles. The maximum atomic E-state index is 3.83. The molecule has 20 heavy (non-hydrogen) atoms. The van der Waals surface area contributed by atoms with Crippen molar-refractivity contribution in [2.24, 2.45) is 0 Å². The predicted octanol–water partition coefficient (Wildman–Crippen LogP) is 1.40. The average Bonchev–Trinajstić information content (AvgIpc) is 3.17. The van der Waals surface area contributed by atoms with Crippen LogP contribution in [0.1, 0.15) is 11.1 Å². The molecule has 10 heteroatoms. The summed E-state index contributed by atoms with van der Waals surface area (Å²) in [5.41, 5.74) is 2.34. The van der Waals surface area contributed by atoms with E-state index in [2.05, 4.69) is 64.5 Å². The molecule has 8 nitrogen and oxygen atoms in total. The Labute approximate surface area is 122 Å². The lowest BCUT2D eigenvalue weighted by Crippen LogP contribution is -2.01. The summed E-state index contributed by atoms with van der Waals surface area (Å²) in [6.07, 6.45) is 0. The van der Waals surface area contributed by atoms with Gasteiger partial charge in [-0.3, -0.25) is 0 Å². The second-order valence-corrected chi connectivity index (χ2v) is 5.32. The van der Waals surface area contributed by atoms with Crippen LogP contribution in [0.2, 0.25) is 0 Å². The zero-order chi connectivity index (χ0) is 13.6. The third-order valence-electron chi connectivity index (χ3n) is 2.51. The average molecular weight is 306 g/mol. The summed E-state index contributed by atoms with van der Waals surface area (Å²) in [4.78, 5) is 0. The highest BCUT2D eigenvalue weighted by Crippen LogP contribution is 2.11. The van der Waals surface area contributed by atoms with Crippen LogP contribution in [0.15, 0.2) is 24.3 Å². The van der Waals surface area contributed by atoms with Crippen molar-refractivity contribution in [3.05, 3.63) is 35.4 Å². The Balaban J connectivity index is 1.51. The summed E-state index contributed by atoms with van der Waals surface area (Å²) in [6.45, 7) is 1.40. The van der Waals surface area contributed by atoms with Crippen molar-refractivity contribution in [1.29, 1.82) is 0 Å². The van der Waals surface area contributed by atoms with Crippen molar-refractivity contribution in [2.45, 2.75) is 13.1 Å². The van der Waals surface area contributed by atoms with Gasteiger partial charge in [-0.25, -0.2) is 0 Å². The van der Waals surface area contributed by atoms with E-state index in [0.717, 1.165) is 10.3 Å². The van der Waals surface area contributed by atoms with E-state index >= 15 is 0 Å². The lowest BCUT2D eigenvalue weighted by Gasteiger charge is -2.05. The molecule has 0 saturated heterocycles. The zero-order valence-corrected chi connectivity index (χ0v) is 11.9. The van der Waals surface area contributed by atoms with E-state index in [1.165, 1.54) is 34.2 Å². The van der Waals surface area contributed by atoms with Crippen LogP contribution in [0, 0.1) is 0 Å². The number of anilines is 2. The predicted molar refractivity (Wildman–Crippen MR) is 76.5 cm³/mol. The van der Waals surface area contributed by atoms with E-state index < -0.39 is 0 Å². The molecule has 0 unspecified atom stereocenters. The fourth-order valence-corrected chi connectivity index (χ4v) is 2.25. The highest BCUT2D eigenvalue weighted by atomic mass is 32.1. The van der Waals surface area contributed by atoms with Crippen LogP contribution in [-0.2, 0) is 13.1 Å². The number of rotatable bonds is 6. The minimum absolute atomic E-state index is 0.699. The van der Waals surface area contributed by atoms with Crippen LogP contribution in [0.25, 0.3) is 0 Å². The van der Waals surface area contributed by atoms with Crippen LogP contribution >= 0.6 is 23.1 Å². The fraction of sp³-hybridized carbons (Fsp3) is 0.200. The lowest BCUT2D eigenvalue weighted by atomic mass is 10.1. The first kappa shape index (κ1) is 12.8. The maximum absolute atomic E-state index is 3.83. The number of hydrogen-bond donors (Lipinski definition) is 2. The number of aromatic nitrogens is 6. The van der Waals surface area contributed by atoms with Crippen molar-refractivity contribution < 1.29 is 0 Å². The molecule has 0 saturated carbocycles. The van der Waals surface area contributed by atoms with Crippen LogP contribution in [0.5, 0.6) is 0 Å². The highest BCUT2D eigenvalue weighted by molar-refractivity contribution is 7.09. The first-order valence-corrected chi connectivity index (χ1v) is 7.30. The number of benzene rings is 1. The molecule has 2 aromatic heterocycles. The van der Waals surface area contributed by atoms with Crippen LogP contribution in [-0.4, -0.2) is 29.6 Å². The molecule has 0 aliphatic heterocycles. The molecule has 2 N–H and O–H groups in total. The Morgan fingerprint density at radius 2 is 1.20 bits per heavy atom. The number of hydrogen-bond acceptors (Lipinski definition) is 10. The SMILES string of the molecule is c1cc(CNc2nnns2)ccc1CNc1nnns1. The van der Waals surface area contributed by atoms with Gasteiger partial charge in [0.25, 0.3) is 0 Å². The van der Waals surface area contributed by atoms with Gasteiger partial charge in [0, 0.05) is 36.2 Å². The van der Waals surface area contributed by atoms with Gasteiger partial charge in [0.05, 0.1) is 0 Å². The Morgan fingerprint density at radius 3 is 1.55 bits per heavy atom. The lowest BCUT2D eigenvalue weighted by molar-refractivity contribution is 0.949. The van der Waals surface area contributed by atoms with Crippen molar-refractivity contribution in [3.8, 4) is 0 Å². The van der Waals surface area contributed by atoms with Gasteiger partial charge >= 0.3 is 0 Å². The van der Waals surface area contributed by atoms with Gasteiger partial charge in [0.1, 0.15) is 0 Å². The fourth-order valence-electron chi connectivity index (χ4n) is 1.53. The number of nitrogens with zero attached hydrogens (tertiary/aromatic N) is 6. The van der Waals surface area contributed by atoms with Crippen molar-refractivity contribution in [2.75, 3.05) is 10.6 Å². The van der Waals surface area contributed by atoms with Gasteiger partial charge in [-0.05, 0) is 21.6 Å². The molecule has 0 spiro atoms. The maximum Gasteiger partial charge on any atom is 0.225 e. The van der Waals surface area contributed by atoms with Crippen molar-refractivity contribution in [1.82, 2.24) is 29.6 Å². The van der Waals surface area contributed by atoms with E-state index in [0.29, 0.717) is 13.1 Å². The quantitative estimate of drug-likeness (QED) is 0.704. The number of nitrogens with one attached hydrogen (secondary N) is 2. The summed E-state index contributed by atoms with van der Waals surface area (Å²) in [7, 11) is 0. The molecule has 0 atom stereocenters. The first-order chi connectivity index (χ1) is 9.90. The molecule has 0 bridgehead atoms. The molecule has 0 fully saturated rings. The van der Waals surface area contributed by atoms with Crippen LogP contribution < -0.4 is 10.6 Å². The minimum Gasteiger partial charge on any atom is -0.355 e. The minimum atomic E-state index is 0.699. The van der Waals surface area contributed by atoms with E-state index in [1.807, 2.05) is 0 Å². The van der Waals surface area contributed by atoms with Gasteiger partial charge in [-0.2, -0.15) is 0 Å². The topological polar surface area (TPSA) is 101 Å². The van der Waals surface area contributed by atoms with Gasteiger partial charge in [0.2, 0.25) is 10.3 Å². The van der Waals surface area contributed by atoms with E-state index in [9.17, 15) is 0 Å². The molecular weight excluding hydrogens is 296 g/mol. The molecule has 0 amide bonds. The van der Waals surface area contributed by atoms with Crippen LogP contribution in [0.3, 0.4) is 0 Å². The molecule has 3 rings (SSSR count). The summed E-state index contributed by atoms with van der Waals surface area (Å²) in [6, 6.07) is 8.27. The molecular formula is C10H10N8S2. The molecule has 1 aromatic carbocycles. The van der Waals surface area contributed by atoms with E-state index in [4.69, 9.17) is 0 Å². The smallest absolute Gasteiger partial charge is 0.225 e. The molecule has 3 aromatic rings. The monoisotopic (exact) mass is 306 g/mol. The summed E-state index contributed by atoms with van der Waals surface area (Å²) in [5.74, 6) is 0.